The Labute approximate surface area is 111 Å². The Hall–Kier alpha value is -0.860. The molecule has 18 heavy (non-hydrogen) atoms. The van der Waals surface area contributed by atoms with E-state index in [1.54, 1.807) is 18.2 Å². The van der Waals surface area contributed by atoms with Gasteiger partial charge in [-0.05, 0) is 56.7 Å². The van der Waals surface area contributed by atoms with E-state index in [2.05, 4.69) is 36.5 Å². The van der Waals surface area contributed by atoms with Crippen molar-refractivity contribution in [3.63, 3.8) is 0 Å². The summed E-state index contributed by atoms with van der Waals surface area (Å²) in [4.78, 5) is 0. The highest BCUT2D eigenvalue weighted by molar-refractivity contribution is 5.32. The van der Waals surface area contributed by atoms with Crippen LogP contribution in [0.5, 0.6) is 0 Å². The Morgan fingerprint density at radius 2 is 2.17 bits per heavy atom. The Morgan fingerprint density at radius 3 is 2.89 bits per heavy atom. The molecule has 1 N–H and O–H groups in total. The number of benzene rings is 1. The molecule has 0 amide bonds. The summed E-state index contributed by atoms with van der Waals surface area (Å²) in [5, 5.41) is 3.41. The third-order valence-corrected chi connectivity index (χ3v) is 4.34. The second-order valence-electron chi connectivity index (χ2n) is 5.36. The summed E-state index contributed by atoms with van der Waals surface area (Å²) in [7, 11) is 3.83. The predicted octanol–water partition coefficient (Wildman–Crippen LogP) is 3.12. The van der Waals surface area contributed by atoms with E-state index in [9.17, 15) is 0 Å². The van der Waals surface area contributed by atoms with Crippen molar-refractivity contribution in [3.8, 4) is 0 Å². The zero-order chi connectivity index (χ0) is 13.0. The maximum Gasteiger partial charge on any atom is 0.0696 e. The van der Waals surface area contributed by atoms with Gasteiger partial charge in [-0.15, -0.1) is 0 Å². The largest absolute Gasteiger partial charge is 0.380 e. The standard InChI is InChI=1S/C16H25NO/c1-12(18-3)16(17-2)11-14-9-6-8-13-7-4-5-10-15(13)14/h4-5,7,10,12,14,16-17H,6,8-9,11H2,1-3H3. The fourth-order valence-electron chi connectivity index (χ4n) is 3.11. The molecule has 2 nitrogen and oxygen atoms in total. The summed E-state index contributed by atoms with van der Waals surface area (Å²) < 4.78 is 5.47. The average Bonchev–Trinajstić information content (AvgIpc) is 2.44. The number of fused-ring (bicyclic) bond motifs is 1. The van der Waals surface area contributed by atoms with Crippen molar-refractivity contribution in [2.24, 2.45) is 0 Å². The Bertz CT molecular complexity index is 377. The monoisotopic (exact) mass is 247 g/mol. The first-order valence-electron chi connectivity index (χ1n) is 7.04. The van der Waals surface area contributed by atoms with Gasteiger partial charge in [0.2, 0.25) is 0 Å². The summed E-state index contributed by atoms with van der Waals surface area (Å²) in [6, 6.07) is 9.37. The lowest BCUT2D eigenvalue weighted by Crippen LogP contribution is -2.38. The minimum Gasteiger partial charge on any atom is -0.380 e. The van der Waals surface area contributed by atoms with Crippen molar-refractivity contribution in [1.82, 2.24) is 5.32 Å². The van der Waals surface area contributed by atoms with Gasteiger partial charge in [0, 0.05) is 13.2 Å². The van der Waals surface area contributed by atoms with Crippen LogP contribution in [0, 0.1) is 0 Å². The Kier molecular flexibility index (Phi) is 4.79. The number of methoxy groups -OCH3 is 1. The zero-order valence-electron chi connectivity index (χ0n) is 11.8. The van der Waals surface area contributed by atoms with Crippen molar-refractivity contribution in [3.05, 3.63) is 35.4 Å². The number of ether oxygens (including phenoxy) is 1. The van der Waals surface area contributed by atoms with E-state index in [-0.39, 0.29) is 6.10 Å². The highest BCUT2D eigenvalue weighted by Gasteiger charge is 2.25. The summed E-state index contributed by atoms with van der Waals surface area (Å²) in [6.45, 7) is 2.15. The minimum absolute atomic E-state index is 0.268. The molecule has 2 heteroatoms. The molecule has 0 bridgehead atoms. The number of hydrogen-bond donors (Lipinski definition) is 1. The van der Waals surface area contributed by atoms with Gasteiger partial charge in [-0.3, -0.25) is 0 Å². The molecule has 0 spiro atoms. The maximum atomic E-state index is 5.47. The second kappa shape index (κ2) is 6.35. The molecule has 0 radical (unpaired) electrons. The SMILES string of the molecule is CNC(CC1CCCc2ccccc21)C(C)OC. The first-order chi connectivity index (χ1) is 8.76. The number of nitrogens with one attached hydrogen (secondary N) is 1. The van der Waals surface area contributed by atoms with Gasteiger partial charge in [0.25, 0.3) is 0 Å². The summed E-state index contributed by atoms with van der Waals surface area (Å²) in [5.41, 5.74) is 3.11. The fourth-order valence-corrected chi connectivity index (χ4v) is 3.11. The molecule has 1 aromatic carbocycles. The lowest BCUT2D eigenvalue weighted by Gasteiger charge is -2.31. The van der Waals surface area contributed by atoms with Crippen LogP contribution >= 0.6 is 0 Å². The van der Waals surface area contributed by atoms with Gasteiger partial charge in [0.15, 0.2) is 0 Å². The van der Waals surface area contributed by atoms with Crippen LogP contribution < -0.4 is 5.32 Å². The van der Waals surface area contributed by atoms with Gasteiger partial charge in [-0.2, -0.15) is 0 Å². The lowest BCUT2D eigenvalue weighted by atomic mass is 9.79. The molecule has 1 aliphatic carbocycles. The molecule has 0 saturated heterocycles. The van der Waals surface area contributed by atoms with Gasteiger partial charge < -0.3 is 10.1 Å². The van der Waals surface area contributed by atoms with Crippen molar-refractivity contribution in [2.45, 2.75) is 50.7 Å². The van der Waals surface area contributed by atoms with E-state index in [0.717, 1.165) is 0 Å². The van der Waals surface area contributed by atoms with Gasteiger partial charge in [-0.25, -0.2) is 0 Å². The zero-order valence-corrected chi connectivity index (χ0v) is 11.8. The first-order valence-corrected chi connectivity index (χ1v) is 7.04. The van der Waals surface area contributed by atoms with E-state index < -0.39 is 0 Å². The smallest absolute Gasteiger partial charge is 0.0696 e. The highest BCUT2D eigenvalue weighted by Crippen LogP contribution is 2.35. The van der Waals surface area contributed by atoms with E-state index in [1.165, 1.54) is 25.7 Å². The summed E-state index contributed by atoms with van der Waals surface area (Å²) >= 11 is 0. The van der Waals surface area contributed by atoms with E-state index >= 15 is 0 Å². The van der Waals surface area contributed by atoms with Crippen LogP contribution in [0.1, 0.15) is 43.2 Å². The molecule has 0 heterocycles. The number of rotatable bonds is 5. The quantitative estimate of drug-likeness (QED) is 0.863. The molecule has 1 aromatic rings. The van der Waals surface area contributed by atoms with Crippen molar-refractivity contribution in [1.29, 1.82) is 0 Å². The predicted molar refractivity (Wildman–Crippen MR) is 76.1 cm³/mol. The molecule has 1 aliphatic rings. The molecular weight excluding hydrogens is 222 g/mol. The minimum atomic E-state index is 0.268. The van der Waals surface area contributed by atoms with Gasteiger partial charge in [0.05, 0.1) is 6.10 Å². The molecule has 100 valence electrons. The number of likely N-dealkylation sites (N-methyl/N-ethyl adjacent to an activating group) is 1. The first kappa shape index (κ1) is 13.6. The van der Waals surface area contributed by atoms with Crippen LogP contribution in [0.2, 0.25) is 0 Å². The van der Waals surface area contributed by atoms with Gasteiger partial charge >= 0.3 is 0 Å². The van der Waals surface area contributed by atoms with Gasteiger partial charge in [0.1, 0.15) is 0 Å². The number of aryl methyl sites for hydroxylation is 1. The fraction of sp³-hybridized carbons (Fsp3) is 0.625. The van der Waals surface area contributed by atoms with Crippen LogP contribution in [0.25, 0.3) is 0 Å². The van der Waals surface area contributed by atoms with Crippen LogP contribution in [-0.2, 0) is 11.2 Å². The van der Waals surface area contributed by atoms with Crippen LogP contribution in [0.4, 0.5) is 0 Å². The average molecular weight is 247 g/mol. The van der Waals surface area contributed by atoms with E-state index in [1.807, 2.05) is 7.05 Å². The third-order valence-electron chi connectivity index (χ3n) is 4.34. The van der Waals surface area contributed by atoms with Gasteiger partial charge in [-0.1, -0.05) is 24.3 Å². The Balaban J connectivity index is 2.10. The third kappa shape index (κ3) is 2.93. The normalized spacial score (nSPS) is 22.3. The maximum absolute atomic E-state index is 5.47. The summed E-state index contributed by atoms with van der Waals surface area (Å²) in [6.07, 6.45) is 5.31. The van der Waals surface area contributed by atoms with Crippen LogP contribution in [0.3, 0.4) is 0 Å². The van der Waals surface area contributed by atoms with Crippen molar-refractivity contribution in [2.75, 3.05) is 14.2 Å². The summed E-state index contributed by atoms with van der Waals surface area (Å²) in [5.74, 6) is 0.685. The van der Waals surface area contributed by atoms with E-state index in [4.69, 9.17) is 4.74 Å². The van der Waals surface area contributed by atoms with E-state index in [0.29, 0.717) is 12.0 Å². The number of hydrogen-bond acceptors (Lipinski definition) is 2. The highest BCUT2D eigenvalue weighted by atomic mass is 16.5. The molecule has 2 rings (SSSR count). The molecule has 0 saturated carbocycles. The molecule has 0 fully saturated rings. The van der Waals surface area contributed by atoms with Crippen molar-refractivity contribution >= 4 is 0 Å². The molecule has 3 atom stereocenters. The lowest BCUT2D eigenvalue weighted by molar-refractivity contribution is 0.0794. The molecule has 0 aliphatic heterocycles. The van der Waals surface area contributed by atoms with Crippen LogP contribution in [-0.4, -0.2) is 26.3 Å². The molecule has 0 aromatic heterocycles. The Morgan fingerprint density at radius 1 is 1.39 bits per heavy atom. The topological polar surface area (TPSA) is 21.3 Å². The second-order valence-corrected chi connectivity index (χ2v) is 5.36. The molecule has 3 unspecified atom stereocenters. The molecular formula is C16H25NO. The van der Waals surface area contributed by atoms with Crippen molar-refractivity contribution < 1.29 is 4.74 Å². The van der Waals surface area contributed by atoms with Crippen LogP contribution in [0.15, 0.2) is 24.3 Å².